The molecule has 2 aromatic rings. The van der Waals surface area contributed by atoms with Gasteiger partial charge in [-0.2, -0.15) is 0 Å². The molecular weight excluding hydrogens is 562 g/mol. The van der Waals surface area contributed by atoms with E-state index in [2.05, 4.69) is 6.92 Å². The van der Waals surface area contributed by atoms with Gasteiger partial charge in [-0.05, 0) is 35.7 Å². The summed E-state index contributed by atoms with van der Waals surface area (Å²) in [6.07, 6.45) is 32.5. The van der Waals surface area contributed by atoms with Gasteiger partial charge in [0.25, 0.3) is 0 Å². The predicted molar refractivity (Wildman–Crippen MR) is 187 cm³/mol. The Morgan fingerprint density at radius 2 is 0.978 bits per heavy atom. The highest BCUT2D eigenvalue weighted by Crippen LogP contribution is 2.33. The van der Waals surface area contributed by atoms with Crippen LogP contribution >= 0.6 is 0 Å². The molecule has 0 fully saturated rings. The van der Waals surface area contributed by atoms with Gasteiger partial charge in [-0.25, -0.2) is 4.79 Å². The second kappa shape index (κ2) is 25.3. The normalized spacial score (nSPS) is 11.1. The van der Waals surface area contributed by atoms with E-state index in [-0.39, 0.29) is 17.0 Å². The van der Waals surface area contributed by atoms with Crippen LogP contribution in [0, 0.1) is 10.1 Å². The minimum absolute atomic E-state index is 0.0702. The summed E-state index contributed by atoms with van der Waals surface area (Å²) in [5.74, 6) is -0.725. The van der Waals surface area contributed by atoms with Crippen LogP contribution in [0.5, 0.6) is 5.75 Å². The summed E-state index contributed by atoms with van der Waals surface area (Å²) in [6, 6.07) is 11.2. The summed E-state index contributed by atoms with van der Waals surface area (Å²) < 4.78 is 5.77. The number of hydrogen-bond acceptors (Lipinski definition) is 4. The Kier molecular flexibility index (Phi) is 21.5. The number of carboxylic acids is 1. The van der Waals surface area contributed by atoms with Crippen molar-refractivity contribution in [1.82, 2.24) is 0 Å². The van der Waals surface area contributed by atoms with Crippen LogP contribution in [-0.2, 0) is 0 Å². The molecule has 6 nitrogen and oxygen atoms in total. The molecule has 0 aromatic heterocycles. The number of nitrogens with zero attached hydrogens (tertiary/aromatic N) is 1. The standard InChI is InChI=1S/C39H61NO5/c1-2-3-4-5-6-7-8-9-10-11-12-13-14-15-16-17-18-19-20-21-22-23-24-25-32-45-38-31-30-36(33-37(38)40(43)44)34-26-28-35(29-27-34)39(41)42/h26-31,33H,2-25,32H2,1H3,(H,41,42). The highest BCUT2D eigenvalue weighted by molar-refractivity contribution is 5.88. The number of aromatic carboxylic acids is 1. The van der Waals surface area contributed by atoms with Gasteiger partial charge in [-0.15, -0.1) is 0 Å². The summed E-state index contributed by atoms with van der Waals surface area (Å²) in [4.78, 5) is 22.3. The van der Waals surface area contributed by atoms with Crippen LogP contribution in [0.3, 0.4) is 0 Å². The molecule has 0 bridgehead atoms. The molecule has 0 unspecified atom stereocenters. The lowest BCUT2D eigenvalue weighted by molar-refractivity contribution is -0.385. The number of nitro groups is 1. The lowest BCUT2D eigenvalue weighted by Crippen LogP contribution is -2.01. The third-order valence-electron chi connectivity index (χ3n) is 8.88. The summed E-state index contributed by atoms with van der Waals surface area (Å²) in [6.45, 7) is 2.75. The second-order valence-electron chi connectivity index (χ2n) is 12.8. The second-order valence-corrected chi connectivity index (χ2v) is 12.8. The lowest BCUT2D eigenvalue weighted by atomic mass is 10.0. The van der Waals surface area contributed by atoms with Crippen LogP contribution in [0.1, 0.15) is 171 Å². The Bertz CT molecular complexity index is 1050. The first-order valence-corrected chi connectivity index (χ1v) is 18.3. The molecule has 1 N–H and O–H groups in total. The van der Waals surface area contributed by atoms with Crippen molar-refractivity contribution in [3.05, 3.63) is 58.1 Å². The van der Waals surface area contributed by atoms with Gasteiger partial charge in [0.2, 0.25) is 0 Å². The summed E-state index contributed by atoms with van der Waals surface area (Å²) in [7, 11) is 0. The van der Waals surface area contributed by atoms with Gasteiger partial charge in [0.1, 0.15) is 0 Å². The van der Waals surface area contributed by atoms with Crippen molar-refractivity contribution in [2.45, 2.75) is 161 Å². The van der Waals surface area contributed by atoms with Crippen LogP contribution in [-0.4, -0.2) is 22.6 Å². The minimum atomic E-state index is -1.00. The first-order chi connectivity index (χ1) is 22.0. The van der Waals surface area contributed by atoms with Crippen LogP contribution in [0.2, 0.25) is 0 Å². The molecule has 0 amide bonds. The van der Waals surface area contributed by atoms with E-state index < -0.39 is 10.9 Å². The topological polar surface area (TPSA) is 89.7 Å². The molecule has 0 radical (unpaired) electrons. The number of benzene rings is 2. The van der Waals surface area contributed by atoms with Crippen LogP contribution in [0.4, 0.5) is 5.69 Å². The Morgan fingerprint density at radius 1 is 0.600 bits per heavy atom. The predicted octanol–water partition coefficient (Wildman–Crippen LogP) is 12.7. The third kappa shape index (κ3) is 18.0. The summed E-state index contributed by atoms with van der Waals surface area (Å²) >= 11 is 0. The first-order valence-electron chi connectivity index (χ1n) is 18.3. The Morgan fingerprint density at radius 3 is 1.36 bits per heavy atom. The third-order valence-corrected chi connectivity index (χ3v) is 8.88. The van der Waals surface area contributed by atoms with Gasteiger partial charge in [0.15, 0.2) is 5.75 Å². The fourth-order valence-corrected chi connectivity index (χ4v) is 6.01. The fourth-order valence-electron chi connectivity index (χ4n) is 6.01. The van der Waals surface area contributed by atoms with Crippen molar-refractivity contribution >= 4 is 11.7 Å². The average Bonchev–Trinajstić information content (AvgIpc) is 3.04. The van der Waals surface area contributed by atoms with Crippen LogP contribution < -0.4 is 4.74 Å². The molecule has 0 aliphatic rings. The van der Waals surface area contributed by atoms with Crippen molar-refractivity contribution < 1.29 is 19.6 Å². The zero-order valence-corrected chi connectivity index (χ0v) is 28.2. The van der Waals surface area contributed by atoms with Crippen molar-refractivity contribution in [1.29, 1.82) is 0 Å². The highest BCUT2D eigenvalue weighted by atomic mass is 16.6. The lowest BCUT2D eigenvalue weighted by Gasteiger charge is -2.09. The molecular formula is C39H61NO5. The monoisotopic (exact) mass is 623 g/mol. The van der Waals surface area contributed by atoms with E-state index in [1.165, 1.54) is 159 Å². The summed E-state index contributed by atoms with van der Waals surface area (Å²) in [5.41, 5.74) is 1.48. The zero-order chi connectivity index (χ0) is 32.4. The van der Waals surface area contributed by atoms with Gasteiger partial charge < -0.3 is 9.84 Å². The van der Waals surface area contributed by atoms with E-state index in [9.17, 15) is 14.9 Å². The Hall–Kier alpha value is -2.89. The van der Waals surface area contributed by atoms with E-state index in [0.717, 1.165) is 18.4 Å². The average molecular weight is 624 g/mol. The molecule has 0 heterocycles. The number of hydrogen-bond donors (Lipinski definition) is 1. The Balaban J connectivity index is 1.39. The molecule has 0 saturated heterocycles. The van der Waals surface area contributed by atoms with Gasteiger partial charge in [-0.1, -0.05) is 173 Å². The molecule has 45 heavy (non-hydrogen) atoms. The van der Waals surface area contributed by atoms with E-state index in [1.807, 2.05) is 0 Å². The molecule has 0 aliphatic carbocycles. The number of carbonyl (C=O) groups is 1. The number of rotatable bonds is 29. The zero-order valence-electron chi connectivity index (χ0n) is 28.2. The highest BCUT2D eigenvalue weighted by Gasteiger charge is 2.17. The van der Waals surface area contributed by atoms with E-state index >= 15 is 0 Å². The van der Waals surface area contributed by atoms with E-state index in [0.29, 0.717) is 12.2 Å². The van der Waals surface area contributed by atoms with Crippen LogP contribution in [0.15, 0.2) is 42.5 Å². The molecule has 0 spiro atoms. The maximum atomic E-state index is 11.6. The van der Waals surface area contributed by atoms with E-state index in [4.69, 9.17) is 9.84 Å². The molecule has 252 valence electrons. The maximum Gasteiger partial charge on any atom is 0.335 e. The molecule has 0 aliphatic heterocycles. The van der Waals surface area contributed by atoms with Crippen molar-refractivity contribution in [3.63, 3.8) is 0 Å². The van der Waals surface area contributed by atoms with Gasteiger partial charge >= 0.3 is 11.7 Å². The molecule has 0 saturated carbocycles. The largest absolute Gasteiger partial charge is 0.487 e. The number of ether oxygens (including phenoxy) is 1. The number of carboxylic acid groups (broad SMARTS) is 1. The van der Waals surface area contributed by atoms with Gasteiger partial charge in [-0.3, -0.25) is 10.1 Å². The van der Waals surface area contributed by atoms with Crippen molar-refractivity contribution in [2.24, 2.45) is 0 Å². The minimum Gasteiger partial charge on any atom is -0.487 e. The molecule has 2 rings (SSSR count). The van der Waals surface area contributed by atoms with Crippen molar-refractivity contribution in [2.75, 3.05) is 6.61 Å². The fraction of sp³-hybridized carbons (Fsp3) is 0.667. The quantitative estimate of drug-likeness (QED) is 0.0553. The van der Waals surface area contributed by atoms with Crippen molar-refractivity contribution in [3.8, 4) is 16.9 Å². The molecule has 2 aromatic carbocycles. The molecule has 0 atom stereocenters. The van der Waals surface area contributed by atoms with E-state index in [1.54, 1.807) is 24.3 Å². The number of unbranched alkanes of at least 4 members (excludes halogenated alkanes) is 23. The van der Waals surface area contributed by atoms with Crippen LogP contribution in [0.25, 0.3) is 11.1 Å². The maximum absolute atomic E-state index is 11.6. The smallest absolute Gasteiger partial charge is 0.335 e. The van der Waals surface area contributed by atoms with Gasteiger partial charge in [0, 0.05) is 6.07 Å². The number of nitro benzene ring substituents is 1. The Labute approximate surface area is 273 Å². The molecule has 6 heteroatoms. The summed E-state index contributed by atoms with van der Waals surface area (Å²) in [5, 5.41) is 20.7. The SMILES string of the molecule is CCCCCCCCCCCCCCCCCCCCCCCCCCOc1ccc(-c2ccc(C(=O)O)cc2)cc1[N+](=O)[O-]. The van der Waals surface area contributed by atoms with Gasteiger partial charge in [0.05, 0.1) is 17.1 Å². The first kappa shape index (κ1) is 38.3.